The van der Waals surface area contributed by atoms with Gasteiger partial charge in [-0.3, -0.25) is 0 Å². The zero-order valence-electron chi connectivity index (χ0n) is 9.34. The summed E-state index contributed by atoms with van der Waals surface area (Å²) in [7, 11) is 0. The van der Waals surface area contributed by atoms with Gasteiger partial charge in [0, 0.05) is 18.8 Å². The lowest BCUT2D eigenvalue weighted by Gasteiger charge is -2.23. The van der Waals surface area contributed by atoms with Crippen molar-refractivity contribution in [3.63, 3.8) is 0 Å². The summed E-state index contributed by atoms with van der Waals surface area (Å²) >= 11 is 0. The quantitative estimate of drug-likeness (QED) is 0.486. The average molecular weight is 199 g/mol. The molecule has 0 aliphatic carbocycles. The number of guanidine groups is 1. The molecule has 4 heteroatoms. The molecule has 0 aromatic carbocycles. The minimum Gasteiger partial charge on any atom is -0.381 e. The van der Waals surface area contributed by atoms with Gasteiger partial charge in [-0.15, -0.1) is 0 Å². The van der Waals surface area contributed by atoms with Crippen molar-refractivity contribution in [1.29, 1.82) is 0 Å². The van der Waals surface area contributed by atoms with Crippen molar-refractivity contribution in [1.82, 2.24) is 5.32 Å². The Bertz CT molecular complexity index is 202. The van der Waals surface area contributed by atoms with Crippen LogP contribution in [-0.2, 0) is 4.74 Å². The molecule has 14 heavy (non-hydrogen) atoms. The van der Waals surface area contributed by atoms with Crippen LogP contribution in [0.25, 0.3) is 0 Å². The molecule has 1 fully saturated rings. The van der Waals surface area contributed by atoms with Gasteiger partial charge in [0.15, 0.2) is 5.96 Å². The van der Waals surface area contributed by atoms with Crippen molar-refractivity contribution in [2.75, 3.05) is 13.2 Å². The van der Waals surface area contributed by atoms with E-state index >= 15 is 0 Å². The molecular weight excluding hydrogens is 178 g/mol. The molecular formula is C10H21N3O. The molecule has 1 rings (SSSR count). The van der Waals surface area contributed by atoms with Gasteiger partial charge >= 0.3 is 0 Å². The van der Waals surface area contributed by atoms with Crippen LogP contribution in [0.3, 0.4) is 0 Å². The maximum absolute atomic E-state index is 5.79. The van der Waals surface area contributed by atoms with E-state index in [1.807, 2.05) is 0 Å². The smallest absolute Gasteiger partial charge is 0.189 e. The molecule has 1 saturated heterocycles. The number of hydrogen-bond donors (Lipinski definition) is 2. The first-order valence-corrected chi connectivity index (χ1v) is 5.16. The third kappa shape index (κ3) is 4.46. The topological polar surface area (TPSA) is 59.6 Å². The van der Waals surface area contributed by atoms with E-state index in [9.17, 15) is 0 Å². The zero-order chi connectivity index (χ0) is 10.6. The van der Waals surface area contributed by atoms with E-state index in [4.69, 9.17) is 10.5 Å². The molecule has 1 aliphatic heterocycles. The minimum atomic E-state index is -0.0151. The molecule has 0 saturated carbocycles. The highest BCUT2D eigenvalue weighted by atomic mass is 16.5. The number of nitrogens with one attached hydrogen (secondary N) is 1. The molecule has 82 valence electrons. The highest BCUT2D eigenvalue weighted by Gasteiger charge is 2.15. The Kier molecular flexibility index (Phi) is 3.75. The fourth-order valence-electron chi connectivity index (χ4n) is 1.43. The Balaban J connectivity index is 2.41. The Morgan fingerprint density at radius 3 is 2.43 bits per heavy atom. The van der Waals surface area contributed by atoms with Crippen LogP contribution in [0.2, 0.25) is 0 Å². The van der Waals surface area contributed by atoms with E-state index in [1.165, 1.54) is 0 Å². The average Bonchev–Trinajstić information content (AvgIpc) is 2.02. The second-order valence-corrected chi connectivity index (χ2v) is 4.73. The number of nitrogens with zero attached hydrogens (tertiary/aromatic N) is 1. The van der Waals surface area contributed by atoms with Crippen molar-refractivity contribution in [2.24, 2.45) is 10.7 Å². The molecule has 4 nitrogen and oxygen atoms in total. The summed E-state index contributed by atoms with van der Waals surface area (Å²) in [6.07, 6.45) is 1.96. The van der Waals surface area contributed by atoms with E-state index < -0.39 is 0 Å². The van der Waals surface area contributed by atoms with Crippen molar-refractivity contribution in [2.45, 2.75) is 45.2 Å². The third-order valence-corrected chi connectivity index (χ3v) is 2.02. The Morgan fingerprint density at radius 2 is 1.93 bits per heavy atom. The maximum Gasteiger partial charge on any atom is 0.189 e. The number of ether oxygens (including phenoxy) is 1. The number of aliphatic imine (C=N–C) groups is 1. The van der Waals surface area contributed by atoms with E-state index in [0.717, 1.165) is 26.1 Å². The molecule has 3 N–H and O–H groups in total. The van der Waals surface area contributed by atoms with Gasteiger partial charge in [0.05, 0.1) is 6.04 Å². The molecule has 0 amide bonds. The van der Waals surface area contributed by atoms with Crippen LogP contribution in [0.15, 0.2) is 4.99 Å². The van der Waals surface area contributed by atoms with Gasteiger partial charge in [0.1, 0.15) is 0 Å². The Hall–Kier alpha value is -0.770. The van der Waals surface area contributed by atoms with Gasteiger partial charge in [0.2, 0.25) is 0 Å². The summed E-state index contributed by atoms with van der Waals surface area (Å²) in [5.41, 5.74) is 5.77. The van der Waals surface area contributed by atoms with Crippen molar-refractivity contribution in [3.05, 3.63) is 0 Å². The van der Waals surface area contributed by atoms with Crippen LogP contribution >= 0.6 is 0 Å². The van der Waals surface area contributed by atoms with Crippen LogP contribution in [0.4, 0.5) is 0 Å². The highest BCUT2D eigenvalue weighted by Crippen LogP contribution is 2.10. The molecule has 1 heterocycles. The first-order valence-electron chi connectivity index (χ1n) is 5.16. The summed E-state index contributed by atoms with van der Waals surface area (Å²) in [5, 5.41) is 3.15. The van der Waals surface area contributed by atoms with Crippen molar-refractivity contribution < 1.29 is 4.74 Å². The maximum atomic E-state index is 5.79. The van der Waals surface area contributed by atoms with Gasteiger partial charge < -0.3 is 15.8 Å². The molecule has 0 aromatic rings. The molecule has 0 bridgehead atoms. The first-order chi connectivity index (χ1) is 6.47. The van der Waals surface area contributed by atoms with Gasteiger partial charge in [-0.05, 0) is 33.6 Å². The zero-order valence-corrected chi connectivity index (χ0v) is 9.34. The summed E-state index contributed by atoms with van der Waals surface area (Å²) in [6, 6.07) is 0.332. The predicted molar refractivity (Wildman–Crippen MR) is 58.4 cm³/mol. The van der Waals surface area contributed by atoms with Crippen molar-refractivity contribution in [3.8, 4) is 0 Å². The Labute approximate surface area is 85.9 Å². The second kappa shape index (κ2) is 4.64. The summed E-state index contributed by atoms with van der Waals surface area (Å²) in [4.78, 5) is 4.42. The molecule has 0 atom stereocenters. The van der Waals surface area contributed by atoms with Crippen LogP contribution in [-0.4, -0.2) is 30.8 Å². The van der Waals surface area contributed by atoms with Crippen LogP contribution in [0, 0.1) is 0 Å². The standard InChI is InChI=1S/C10H21N3O/c1-10(2,3)13-9(11)12-8-4-6-14-7-5-8/h8H,4-7H2,1-3H3,(H3,11,12,13). The number of nitrogens with two attached hydrogens (primary N) is 1. The van der Waals surface area contributed by atoms with E-state index in [0.29, 0.717) is 12.0 Å². The Morgan fingerprint density at radius 1 is 1.36 bits per heavy atom. The largest absolute Gasteiger partial charge is 0.381 e. The normalized spacial score (nSPS) is 20.9. The molecule has 0 aromatic heterocycles. The van der Waals surface area contributed by atoms with E-state index in [-0.39, 0.29) is 5.54 Å². The fraction of sp³-hybridized carbons (Fsp3) is 0.900. The lowest BCUT2D eigenvalue weighted by Crippen LogP contribution is -2.45. The lowest BCUT2D eigenvalue weighted by molar-refractivity contribution is 0.0870. The van der Waals surface area contributed by atoms with Crippen LogP contribution < -0.4 is 11.1 Å². The van der Waals surface area contributed by atoms with Crippen LogP contribution in [0.5, 0.6) is 0 Å². The first kappa shape index (κ1) is 11.3. The van der Waals surface area contributed by atoms with Gasteiger partial charge in [-0.1, -0.05) is 0 Å². The summed E-state index contributed by atoms with van der Waals surface area (Å²) in [5.74, 6) is 0.546. The minimum absolute atomic E-state index is 0.0151. The monoisotopic (exact) mass is 199 g/mol. The van der Waals surface area contributed by atoms with Gasteiger partial charge in [-0.2, -0.15) is 0 Å². The van der Waals surface area contributed by atoms with Gasteiger partial charge in [-0.25, -0.2) is 4.99 Å². The molecule has 1 aliphatic rings. The van der Waals surface area contributed by atoms with Crippen molar-refractivity contribution >= 4 is 5.96 Å². The molecule has 0 unspecified atom stereocenters. The third-order valence-electron chi connectivity index (χ3n) is 2.02. The second-order valence-electron chi connectivity index (χ2n) is 4.73. The number of rotatable bonds is 1. The molecule has 0 radical (unpaired) electrons. The van der Waals surface area contributed by atoms with Crippen LogP contribution in [0.1, 0.15) is 33.6 Å². The highest BCUT2D eigenvalue weighted by molar-refractivity contribution is 5.78. The van der Waals surface area contributed by atoms with E-state index in [1.54, 1.807) is 0 Å². The van der Waals surface area contributed by atoms with E-state index in [2.05, 4.69) is 31.1 Å². The number of hydrogen-bond acceptors (Lipinski definition) is 2. The summed E-state index contributed by atoms with van der Waals surface area (Å²) in [6.45, 7) is 7.81. The lowest BCUT2D eigenvalue weighted by atomic mass is 10.1. The predicted octanol–water partition coefficient (Wildman–Crippen LogP) is 0.868. The SMILES string of the molecule is CC(C)(C)NC(N)=NC1CCOCC1. The summed E-state index contributed by atoms with van der Waals surface area (Å²) < 4.78 is 5.25. The fourth-order valence-corrected chi connectivity index (χ4v) is 1.43. The van der Waals surface area contributed by atoms with Gasteiger partial charge in [0.25, 0.3) is 0 Å². The molecule has 0 spiro atoms.